The van der Waals surface area contributed by atoms with Crippen molar-refractivity contribution in [1.29, 1.82) is 0 Å². The average Bonchev–Trinajstić information content (AvgIpc) is 2.60. The maximum absolute atomic E-state index is 11.9. The molecule has 21 heavy (non-hydrogen) atoms. The van der Waals surface area contributed by atoms with Crippen molar-refractivity contribution in [3.63, 3.8) is 0 Å². The standard InChI is InChI=1S/C5HF6NO6S3/c6-4(7,8)20(13,14)17-2-1-19-3(12-2)18-21(15,16)5(9,10)11/h1H. The SMILES string of the molecule is O=S(=O)(Oc1csc(OS(=O)(=O)C(F)(F)F)n1)C(F)(F)F. The summed E-state index contributed by atoms with van der Waals surface area (Å²) in [4.78, 5) is 2.72. The number of halogens is 6. The van der Waals surface area contributed by atoms with Crippen molar-refractivity contribution >= 4 is 31.6 Å². The first-order valence-electron chi connectivity index (χ1n) is 4.13. The molecule has 0 unspecified atom stereocenters. The Hall–Kier alpha value is -1.29. The van der Waals surface area contributed by atoms with Crippen LogP contribution < -0.4 is 8.37 Å². The summed E-state index contributed by atoms with van der Waals surface area (Å²) in [5, 5.41) is -0.871. The second-order valence-corrected chi connectivity index (χ2v) is 6.81. The molecule has 16 heteroatoms. The number of aromatic nitrogens is 1. The van der Waals surface area contributed by atoms with Crippen molar-refractivity contribution < 1.29 is 51.5 Å². The molecule has 0 aromatic carbocycles. The van der Waals surface area contributed by atoms with Crippen LogP contribution in [0.4, 0.5) is 26.3 Å². The van der Waals surface area contributed by atoms with Gasteiger partial charge in [0.15, 0.2) is 0 Å². The Morgan fingerprint density at radius 1 is 0.905 bits per heavy atom. The predicted octanol–water partition coefficient (Wildman–Crippen LogP) is 1.60. The van der Waals surface area contributed by atoms with Crippen LogP contribution in [-0.2, 0) is 20.2 Å². The van der Waals surface area contributed by atoms with Crippen LogP contribution >= 0.6 is 11.3 Å². The average molecular weight is 381 g/mol. The number of rotatable bonds is 4. The van der Waals surface area contributed by atoms with Crippen molar-refractivity contribution in [2.75, 3.05) is 0 Å². The second-order valence-electron chi connectivity index (χ2n) is 2.92. The highest BCUT2D eigenvalue weighted by molar-refractivity contribution is 7.88. The minimum absolute atomic E-state index is 0.0254. The van der Waals surface area contributed by atoms with Gasteiger partial charge in [0, 0.05) is 0 Å². The summed E-state index contributed by atoms with van der Waals surface area (Å²) < 4.78 is 121. The summed E-state index contributed by atoms with van der Waals surface area (Å²) in [5.41, 5.74) is -11.6. The van der Waals surface area contributed by atoms with Crippen molar-refractivity contribution in [3.05, 3.63) is 5.38 Å². The van der Waals surface area contributed by atoms with E-state index >= 15 is 0 Å². The molecule has 122 valence electrons. The quantitative estimate of drug-likeness (QED) is 0.444. The zero-order valence-corrected chi connectivity index (χ0v) is 11.4. The summed E-state index contributed by atoms with van der Waals surface area (Å²) in [7, 11) is -12.2. The van der Waals surface area contributed by atoms with Gasteiger partial charge in [-0.25, -0.2) is 0 Å². The molecule has 0 radical (unpaired) electrons. The highest BCUT2D eigenvalue weighted by Crippen LogP contribution is 2.32. The monoisotopic (exact) mass is 381 g/mol. The lowest BCUT2D eigenvalue weighted by atomic mass is 10.9. The number of thiazole rings is 1. The van der Waals surface area contributed by atoms with Gasteiger partial charge >= 0.3 is 31.3 Å². The van der Waals surface area contributed by atoms with Crippen LogP contribution in [0.15, 0.2) is 5.38 Å². The van der Waals surface area contributed by atoms with E-state index < -0.39 is 42.3 Å². The van der Waals surface area contributed by atoms with E-state index in [0.29, 0.717) is 5.38 Å². The van der Waals surface area contributed by atoms with E-state index in [0.717, 1.165) is 0 Å². The van der Waals surface area contributed by atoms with Crippen LogP contribution in [-0.4, -0.2) is 32.8 Å². The molecule has 0 aliphatic rings. The Labute approximate surface area is 116 Å². The van der Waals surface area contributed by atoms with Crippen LogP contribution in [0, 0.1) is 0 Å². The Morgan fingerprint density at radius 2 is 1.33 bits per heavy atom. The van der Waals surface area contributed by atoms with Crippen LogP contribution in [0.3, 0.4) is 0 Å². The molecule has 1 rings (SSSR count). The van der Waals surface area contributed by atoms with E-state index in [1.165, 1.54) is 0 Å². The van der Waals surface area contributed by atoms with E-state index in [9.17, 15) is 43.2 Å². The molecule has 0 fully saturated rings. The topological polar surface area (TPSA) is 99.6 Å². The molecular weight excluding hydrogens is 380 g/mol. The van der Waals surface area contributed by atoms with Gasteiger partial charge in [0.1, 0.15) is 0 Å². The molecule has 7 nitrogen and oxygen atoms in total. The molecule has 0 aliphatic carbocycles. The molecule has 0 amide bonds. The minimum atomic E-state index is -6.09. The molecule has 0 saturated carbocycles. The Kier molecular flexibility index (Phi) is 4.37. The van der Waals surface area contributed by atoms with E-state index in [1.54, 1.807) is 0 Å². The lowest BCUT2D eigenvalue weighted by Gasteiger charge is -2.07. The van der Waals surface area contributed by atoms with Crippen LogP contribution in [0.5, 0.6) is 11.1 Å². The summed E-state index contributed by atoms with van der Waals surface area (Å²) in [6.45, 7) is 0. The van der Waals surface area contributed by atoms with Gasteiger partial charge in [-0.1, -0.05) is 11.3 Å². The first kappa shape index (κ1) is 17.8. The fraction of sp³-hybridized carbons (Fsp3) is 0.400. The third-order valence-electron chi connectivity index (χ3n) is 1.41. The van der Waals surface area contributed by atoms with Gasteiger partial charge in [0.05, 0.1) is 5.38 Å². The van der Waals surface area contributed by atoms with Crippen molar-refractivity contribution in [2.45, 2.75) is 11.0 Å². The molecule has 0 aliphatic heterocycles. The molecular formula is C5HF6NO6S3. The summed E-state index contributed by atoms with van der Waals surface area (Å²) >= 11 is -0.0254. The normalized spacial score (nSPS) is 14.0. The third-order valence-corrected chi connectivity index (χ3v) is 4.11. The summed E-state index contributed by atoms with van der Waals surface area (Å²) in [6, 6.07) is 0. The number of hydrogen-bond donors (Lipinski definition) is 0. The van der Waals surface area contributed by atoms with Gasteiger partial charge in [-0.2, -0.15) is 48.2 Å². The van der Waals surface area contributed by atoms with Crippen molar-refractivity contribution in [1.82, 2.24) is 4.98 Å². The highest BCUT2D eigenvalue weighted by Gasteiger charge is 2.50. The highest BCUT2D eigenvalue weighted by atomic mass is 32.2. The molecule has 1 aromatic heterocycles. The summed E-state index contributed by atoms with van der Waals surface area (Å²) in [5.74, 6) is -1.30. The second kappa shape index (κ2) is 5.16. The van der Waals surface area contributed by atoms with Crippen LogP contribution in [0.25, 0.3) is 0 Å². The van der Waals surface area contributed by atoms with E-state index in [-0.39, 0.29) is 11.3 Å². The zero-order chi connectivity index (χ0) is 16.7. The number of hydrogen-bond acceptors (Lipinski definition) is 8. The Balaban J connectivity index is 2.95. The van der Waals surface area contributed by atoms with Gasteiger partial charge in [0.2, 0.25) is 5.88 Å². The number of nitrogens with zero attached hydrogens (tertiary/aromatic N) is 1. The van der Waals surface area contributed by atoms with Gasteiger partial charge < -0.3 is 8.37 Å². The van der Waals surface area contributed by atoms with Gasteiger partial charge in [-0.15, -0.1) is 0 Å². The lowest BCUT2D eigenvalue weighted by Crippen LogP contribution is -2.28. The Bertz CT molecular complexity index is 654. The molecule has 0 N–H and O–H groups in total. The maximum Gasteiger partial charge on any atom is 0.534 e. The number of alkyl halides is 6. The first-order chi connectivity index (χ1) is 9.16. The van der Waals surface area contributed by atoms with Gasteiger partial charge in [-0.05, 0) is 0 Å². The first-order valence-corrected chi connectivity index (χ1v) is 7.82. The van der Waals surface area contributed by atoms with Gasteiger partial charge in [0.25, 0.3) is 5.19 Å². The van der Waals surface area contributed by atoms with Crippen molar-refractivity contribution in [3.8, 4) is 11.1 Å². The van der Waals surface area contributed by atoms with E-state index in [1.807, 2.05) is 0 Å². The fourth-order valence-electron chi connectivity index (χ4n) is 0.621. The minimum Gasteiger partial charge on any atom is -0.354 e. The molecule has 0 atom stereocenters. The largest absolute Gasteiger partial charge is 0.534 e. The van der Waals surface area contributed by atoms with Crippen LogP contribution in [0.1, 0.15) is 0 Å². The predicted molar refractivity (Wildman–Crippen MR) is 53.3 cm³/mol. The van der Waals surface area contributed by atoms with Crippen molar-refractivity contribution in [2.24, 2.45) is 0 Å². The summed E-state index contributed by atoms with van der Waals surface area (Å²) in [6.07, 6.45) is 0. The van der Waals surface area contributed by atoms with E-state index in [2.05, 4.69) is 13.4 Å². The fourth-order valence-corrected chi connectivity index (χ4v) is 2.28. The maximum atomic E-state index is 11.9. The smallest absolute Gasteiger partial charge is 0.354 e. The third kappa shape index (κ3) is 4.10. The molecule has 1 aromatic rings. The van der Waals surface area contributed by atoms with E-state index in [4.69, 9.17) is 0 Å². The molecule has 0 bridgehead atoms. The molecule has 0 spiro atoms. The van der Waals surface area contributed by atoms with Gasteiger partial charge in [-0.3, -0.25) is 0 Å². The molecule has 0 saturated heterocycles. The van der Waals surface area contributed by atoms with Crippen LogP contribution in [0.2, 0.25) is 0 Å². The molecule has 1 heterocycles. The Morgan fingerprint density at radius 3 is 1.76 bits per heavy atom. The lowest BCUT2D eigenvalue weighted by molar-refractivity contribution is -0.0502. The zero-order valence-electron chi connectivity index (χ0n) is 8.97.